The maximum absolute atomic E-state index is 13.1. The van der Waals surface area contributed by atoms with Crippen molar-refractivity contribution in [2.24, 2.45) is 0 Å². The van der Waals surface area contributed by atoms with Crippen LogP contribution in [0.3, 0.4) is 0 Å². The number of carbonyl (C=O) groups is 1. The van der Waals surface area contributed by atoms with E-state index >= 15 is 0 Å². The topological polar surface area (TPSA) is 160 Å². The van der Waals surface area contributed by atoms with Gasteiger partial charge in [-0.1, -0.05) is 237 Å². The molecule has 8 atom stereocenters. The van der Waals surface area contributed by atoms with Crippen molar-refractivity contribution in [1.82, 2.24) is 5.32 Å². The maximum atomic E-state index is 13.1. The minimum absolute atomic E-state index is 0.232. The first kappa shape index (κ1) is 59.7. The van der Waals surface area contributed by atoms with E-state index in [1.54, 1.807) is 0 Å². The molecule has 0 aromatic carbocycles. The van der Waals surface area contributed by atoms with Crippen LogP contribution in [0.15, 0.2) is 24.3 Å². The van der Waals surface area contributed by atoms with Crippen molar-refractivity contribution < 1.29 is 40.2 Å². The van der Waals surface area contributed by atoms with Gasteiger partial charge in [-0.15, -0.1) is 0 Å². The lowest BCUT2D eigenvalue weighted by Crippen LogP contribution is -2.58. The van der Waals surface area contributed by atoms with E-state index in [9.17, 15) is 35.4 Å². The second kappa shape index (κ2) is 43.3. The van der Waals surface area contributed by atoms with E-state index < -0.39 is 55.4 Å². The molecular weight excluding hydrogens is 791 g/mol. The molecule has 9 nitrogen and oxygen atoms in total. The summed E-state index contributed by atoms with van der Waals surface area (Å²) in [4.78, 5) is 13.1. The van der Waals surface area contributed by atoms with Gasteiger partial charge in [0.25, 0.3) is 0 Å². The van der Waals surface area contributed by atoms with Crippen LogP contribution in [0.1, 0.15) is 258 Å². The summed E-state index contributed by atoms with van der Waals surface area (Å²) in [7, 11) is 0. The molecule has 1 fully saturated rings. The number of nitrogens with one attached hydrogen (secondary N) is 1. The Morgan fingerprint density at radius 3 is 1.32 bits per heavy atom. The molecule has 9 heteroatoms. The highest BCUT2D eigenvalue weighted by molar-refractivity contribution is 5.76. The lowest BCUT2D eigenvalue weighted by Gasteiger charge is -2.39. The van der Waals surface area contributed by atoms with E-state index in [1.165, 1.54) is 192 Å². The number of carbonyl (C=O) groups excluding carboxylic acids is 1. The average Bonchev–Trinajstić information content (AvgIpc) is 3.28. The summed E-state index contributed by atoms with van der Waals surface area (Å²) in [6.45, 7) is 3.98. The summed E-state index contributed by atoms with van der Waals surface area (Å²) in [6.07, 6.45) is 44.8. The zero-order valence-corrected chi connectivity index (χ0v) is 41.0. The number of aliphatic hydroxyl groups is 6. The molecule has 1 aliphatic rings. The number of amides is 1. The first-order valence-corrected chi connectivity index (χ1v) is 27.1. The van der Waals surface area contributed by atoms with Crippen LogP contribution in [-0.4, -0.2) is 91.9 Å². The highest BCUT2D eigenvalue weighted by Crippen LogP contribution is 2.23. The summed E-state index contributed by atoms with van der Waals surface area (Å²) in [5.74, 6) is -0.232. The number of ether oxygens (including phenoxy) is 1. The molecule has 2 unspecified atom stereocenters. The number of allylic oxidation sites excluding steroid dienone is 2. The number of hydrogen-bond donors (Lipinski definition) is 7. The van der Waals surface area contributed by atoms with Crippen LogP contribution >= 0.6 is 0 Å². The van der Waals surface area contributed by atoms with Crippen molar-refractivity contribution in [2.75, 3.05) is 6.61 Å². The Kier molecular flexibility index (Phi) is 41.0. The van der Waals surface area contributed by atoms with E-state index in [4.69, 9.17) is 4.74 Å². The van der Waals surface area contributed by atoms with Crippen molar-refractivity contribution in [1.29, 1.82) is 0 Å². The third-order valence-electron chi connectivity index (χ3n) is 13.3. The molecule has 0 radical (unpaired) electrons. The molecule has 63 heavy (non-hydrogen) atoms. The Balaban J connectivity index is 2.27. The zero-order valence-electron chi connectivity index (χ0n) is 41.0. The average molecular weight is 894 g/mol. The van der Waals surface area contributed by atoms with Crippen molar-refractivity contribution in [3.63, 3.8) is 0 Å². The van der Waals surface area contributed by atoms with Gasteiger partial charge in [0.15, 0.2) is 0 Å². The van der Waals surface area contributed by atoms with Crippen molar-refractivity contribution in [2.45, 2.75) is 307 Å². The van der Waals surface area contributed by atoms with Gasteiger partial charge >= 0.3 is 0 Å². The van der Waals surface area contributed by atoms with Gasteiger partial charge in [-0.3, -0.25) is 4.79 Å². The lowest BCUT2D eigenvalue weighted by molar-refractivity contribution is -0.216. The Labute approximate surface area is 387 Å². The van der Waals surface area contributed by atoms with Gasteiger partial charge in [0, 0.05) is 6.42 Å². The van der Waals surface area contributed by atoms with E-state index in [0.717, 1.165) is 51.4 Å². The predicted molar refractivity (Wildman–Crippen MR) is 263 cm³/mol. The summed E-state index contributed by atoms with van der Waals surface area (Å²) in [5, 5.41) is 65.6. The Hall–Kier alpha value is -1.33. The normalized spacial score (nSPS) is 20.8. The van der Waals surface area contributed by atoms with Crippen LogP contribution in [0.5, 0.6) is 0 Å². The van der Waals surface area contributed by atoms with Crippen molar-refractivity contribution >= 4 is 5.91 Å². The van der Waals surface area contributed by atoms with Crippen LogP contribution in [0.25, 0.3) is 0 Å². The van der Waals surface area contributed by atoms with Gasteiger partial charge in [0.05, 0.1) is 18.8 Å². The van der Waals surface area contributed by atoms with E-state index in [0.29, 0.717) is 12.8 Å². The molecular formula is C54H103NO8. The third kappa shape index (κ3) is 32.9. The molecule has 0 spiro atoms. The Morgan fingerprint density at radius 2 is 0.905 bits per heavy atom. The van der Waals surface area contributed by atoms with E-state index in [-0.39, 0.29) is 5.91 Å². The highest BCUT2D eigenvalue weighted by atomic mass is 16.5. The second-order valence-electron chi connectivity index (χ2n) is 19.2. The van der Waals surface area contributed by atoms with Gasteiger partial charge < -0.3 is 40.7 Å². The van der Waals surface area contributed by atoms with Gasteiger partial charge in [-0.2, -0.15) is 0 Å². The fourth-order valence-electron chi connectivity index (χ4n) is 8.93. The van der Waals surface area contributed by atoms with E-state index in [2.05, 4.69) is 31.3 Å². The monoisotopic (exact) mass is 894 g/mol. The van der Waals surface area contributed by atoms with Crippen LogP contribution in [0, 0.1) is 0 Å². The van der Waals surface area contributed by atoms with Gasteiger partial charge in [-0.25, -0.2) is 0 Å². The summed E-state index contributed by atoms with van der Waals surface area (Å²) < 4.78 is 5.60. The molecule has 0 aromatic heterocycles. The van der Waals surface area contributed by atoms with Gasteiger partial charge in [0.1, 0.15) is 36.6 Å². The lowest BCUT2D eigenvalue weighted by atomic mass is 9.93. The molecule has 1 saturated heterocycles. The van der Waals surface area contributed by atoms with Crippen LogP contribution in [-0.2, 0) is 9.53 Å². The molecule has 1 amide bonds. The molecule has 0 aromatic rings. The van der Waals surface area contributed by atoms with Gasteiger partial charge in [-0.05, 0) is 38.5 Å². The first-order valence-electron chi connectivity index (χ1n) is 27.1. The number of hydrogen-bond acceptors (Lipinski definition) is 8. The summed E-state index contributed by atoms with van der Waals surface area (Å²) in [5.41, 5.74) is 0. The van der Waals surface area contributed by atoms with E-state index in [1.807, 2.05) is 0 Å². The molecule has 0 saturated carbocycles. The fourth-order valence-corrected chi connectivity index (χ4v) is 8.93. The SMILES string of the molecule is CCCCCCCCCCCCCCCCCCC=CCCCCCCCCC(=O)N[C@@H](C=C[C@H]1OC(CO)[C@H](O)[C@H](O)C1O)[C@H](O)[C@H](O)CCCCCCCCCCCCCC. The largest absolute Gasteiger partial charge is 0.394 e. The molecule has 0 aliphatic carbocycles. The molecule has 1 rings (SSSR count). The zero-order chi connectivity index (χ0) is 46.0. The standard InChI is InChI=1S/C54H103NO8/c1-3-5-7-9-11-13-15-17-18-19-20-21-22-23-24-25-26-27-28-29-30-32-34-36-38-40-42-50(58)55-46(43-44-48-52(60)54(62)53(61)49(45-56)63-48)51(59)47(57)41-39-37-35-33-31-16-14-12-10-8-6-4-2/h27-28,43-44,46-49,51-54,56-57,59-62H,3-26,29-42,45H2,1-2H3,(H,55,58)/t46-,47+,48+,49?,51-,52?,53-,54+/m0/s1. The summed E-state index contributed by atoms with van der Waals surface area (Å²) >= 11 is 0. The van der Waals surface area contributed by atoms with Gasteiger partial charge in [0.2, 0.25) is 5.91 Å². The van der Waals surface area contributed by atoms with Crippen molar-refractivity contribution in [3.05, 3.63) is 24.3 Å². The minimum Gasteiger partial charge on any atom is -0.394 e. The Morgan fingerprint density at radius 1 is 0.524 bits per heavy atom. The predicted octanol–water partition coefficient (Wildman–Crippen LogP) is 12.0. The summed E-state index contributed by atoms with van der Waals surface area (Å²) in [6, 6.07) is -0.950. The fraction of sp³-hybridized carbons (Fsp3) is 0.907. The number of rotatable bonds is 45. The van der Waals surface area contributed by atoms with Crippen LogP contribution < -0.4 is 5.32 Å². The van der Waals surface area contributed by atoms with Crippen LogP contribution in [0.2, 0.25) is 0 Å². The third-order valence-corrected chi connectivity index (χ3v) is 13.3. The second-order valence-corrected chi connectivity index (χ2v) is 19.2. The number of aliphatic hydroxyl groups excluding tert-OH is 6. The molecule has 0 bridgehead atoms. The molecule has 1 heterocycles. The first-order chi connectivity index (χ1) is 30.8. The van der Waals surface area contributed by atoms with Crippen LogP contribution in [0.4, 0.5) is 0 Å². The molecule has 372 valence electrons. The maximum Gasteiger partial charge on any atom is 0.220 e. The molecule has 1 aliphatic heterocycles. The highest BCUT2D eigenvalue weighted by Gasteiger charge is 2.42. The smallest absolute Gasteiger partial charge is 0.220 e. The minimum atomic E-state index is -1.53. The Bertz CT molecular complexity index is 1050. The quantitative estimate of drug-likeness (QED) is 0.0235. The molecule has 7 N–H and O–H groups in total. The van der Waals surface area contributed by atoms with Crippen molar-refractivity contribution in [3.8, 4) is 0 Å². The number of unbranched alkanes of at least 4 members (excludes halogenated alkanes) is 33.